The van der Waals surface area contributed by atoms with Crippen LogP contribution < -0.4 is 10.6 Å². The zero-order valence-electron chi connectivity index (χ0n) is 33.0. The number of pyridine rings is 1. The molecule has 57 heavy (non-hydrogen) atoms. The number of ether oxygens (including phenoxy) is 2. The van der Waals surface area contributed by atoms with Crippen molar-refractivity contribution in [3.8, 4) is 22.4 Å². The van der Waals surface area contributed by atoms with Gasteiger partial charge in [-0.1, -0.05) is 54.6 Å². The Morgan fingerprint density at radius 2 is 1.60 bits per heavy atom. The second-order valence-electron chi connectivity index (χ2n) is 15.9. The van der Waals surface area contributed by atoms with Crippen molar-refractivity contribution in [3.05, 3.63) is 102 Å². The van der Waals surface area contributed by atoms with Crippen LogP contribution in [-0.4, -0.2) is 76.4 Å². The number of hydrogen-bond donors (Lipinski definition) is 3. The van der Waals surface area contributed by atoms with E-state index < -0.39 is 18.2 Å². The molecule has 8 atom stereocenters. The first kappa shape index (κ1) is 38.3. The van der Waals surface area contributed by atoms with E-state index >= 15 is 0 Å². The Kier molecular flexibility index (Phi) is 11.1. The van der Waals surface area contributed by atoms with E-state index in [-0.39, 0.29) is 35.7 Å². The van der Waals surface area contributed by atoms with Gasteiger partial charge in [0.05, 0.1) is 37.2 Å². The molecule has 4 aliphatic rings. The highest BCUT2D eigenvalue weighted by molar-refractivity contribution is 6.02. The number of likely N-dealkylation sites (tertiary alicyclic amines) is 1. The van der Waals surface area contributed by atoms with Gasteiger partial charge < -0.3 is 30.0 Å². The van der Waals surface area contributed by atoms with Crippen LogP contribution in [0.2, 0.25) is 0 Å². The van der Waals surface area contributed by atoms with Crippen LogP contribution in [0.15, 0.2) is 90.4 Å². The zero-order valence-corrected chi connectivity index (χ0v) is 33.0. The van der Waals surface area contributed by atoms with Gasteiger partial charge in [-0.2, -0.15) is 0 Å². The van der Waals surface area contributed by atoms with Crippen LogP contribution in [0.25, 0.3) is 28.0 Å². The van der Waals surface area contributed by atoms with Gasteiger partial charge >= 0.3 is 6.09 Å². The van der Waals surface area contributed by atoms with Crippen molar-refractivity contribution in [2.24, 2.45) is 28.7 Å². The lowest BCUT2D eigenvalue weighted by molar-refractivity contribution is -0.137. The van der Waals surface area contributed by atoms with Gasteiger partial charge in [-0.05, 0) is 97.2 Å². The number of amides is 3. The van der Waals surface area contributed by atoms with Crippen LogP contribution in [-0.2, 0) is 19.1 Å². The van der Waals surface area contributed by atoms with E-state index in [1.165, 1.54) is 26.2 Å². The number of rotatable bonds is 12. The molecule has 3 N–H and O–H groups in total. The summed E-state index contributed by atoms with van der Waals surface area (Å²) in [5, 5.41) is 5.93. The quantitative estimate of drug-likeness (QED) is 0.137. The lowest BCUT2D eigenvalue weighted by Gasteiger charge is -2.31. The van der Waals surface area contributed by atoms with Gasteiger partial charge in [-0.3, -0.25) is 19.6 Å². The normalized spacial score (nSPS) is 24.1. The number of benzene rings is 2. The molecule has 3 unspecified atom stereocenters. The Morgan fingerprint density at radius 3 is 2.30 bits per heavy atom. The number of aliphatic imine (C=N–C) groups is 1. The Hall–Kier alpha value is -5.62. The van der Waals surface area contributed by atoms with Crippen LogP contribution in [0, 0.1) is 23.7 Å². The average molecular weight is 770 g/mol. The monoisotopic (exact) mass is 769 g/mol. The third-order valence-corrected chi connectivity index (χ3v) is 12.7. The summed E-state index contributed by atoms with van der Waals surface area (Å²) in [7, 11) is 2.78. The summed E-state index contributed by atoms with van der Waals surface area (Å²) in [6, 6.07) is 19.7. The lowest BCUT2D eigenvalue weighted by atomic mass is 9.74. The molecule has 4 heterocycles. The molecular weight excluding hydrogens is 719 g/mol. The number of alkyl carbamates (subject to hydrolysis) is 1. The highest BCUT2D eigenvalue weighted by Crippen LogP contribution is 2.54. The summed E-state index contributed by atoms with van der Waals surface area (Å²) in [6.45, 7) is 4.33. The maximum absolute atomic E-state index is 13.7. The number of carbonyl (C=O) groups is 3. The standard InChI is InChI=1S/C45H51N7O5/c1-26(34-7-5-19-46-23-34)49-43(53)40-33-18-17-32(21-33)39(40)36-22-35(24-47-36)30-11-9-28(10-12-30)29-13-15-31(16-14-29)37-25-48-42(50-37)38-8-6-20-52(38)44(54)41(27(2)56-3)51-45(55)57-4/h5,7,9-16,19,23-27,32-33,38-41H,6,8,17-18,20-22H2,1-4H3,(H,48,50)(H,49,53)(H,51,55)/t26?,27-,32?,33?,38+,39+,40-,41+/m1/s1. The minimum Gasteiger partial charge on any atom is -0.453 e. The first-order valence-corrected chi connectivity index (χ1v) is 20.1. The third-order valence-electron chi connectivity index (χ3n) is 12.7. The van der Waals surface area contributed by atoms with E-state index in [0.717, 1.165) is 71.3 Å². The number of carbonyl (C=O) groups excluding carboxylic acids is 3. The van der Waals surface area contributed by atoms with Crippen LogP contribution in [0.4, 0.5) is 4.79 Å². The van der Waals surface area contributed by atoms with E-state index in [0.29, 0.717) is 24.2 Å². The molecule has 4 aromatic rings. The summed E-state index contributed by atoms with van der Waals surface area (Å²) in [6.07, 6.45) is 11.9. The zero-order chi connectivity index (χ0) is 39.6. The first-order valence-electron chi connectivity index (χ1n) is 20.1. The molecule has 296 valence electrons. The molecule has 2 aliphatic heterocycles. The van der Waals surface area contributed by atoms with Crippen molar-refractivity contribution in [2.45, 2.75) is 76.6 Å². The molecule has 1 saturated heterocycles. The number of nitrogens with one attached hydrogen (secondary N) is 3. The molecule has 2 bridgehead atoms. The fraction of sp³-hybridized carbons (Fsp3) is 0.422. The molecule has 12 nitrogen and oxygen atoms in total. The van der Waals surface area contributed by atoms with Crippen LogP contribution in [0.1, 0.15) is 81.4 Å². The SMILES string of the molecule is COC(=O)N[C@H](C(=O)N1CCC[C@H]1c1ncc(-c2ccc(-c3ccc(C4=CN=C([C@@H]5C6CCC(C6)[C@H]5C(=O)NC(C)c5cccnc5)C4)cc3)cc2)[nH]1)[C@@H](C)OC. The van der Waals surface area contributed by atoms with E-state index in [1.807, 2.05) is 37.7 Å². The molecule has 3 fully saturated rings. The number of H-pyrrole nitrogens is 1. The first-order chi connectivity index (χ1) is 27.7. The van der Waals surface area contributed by atoms with Crippen molar-refractivity contribution < 1.29 is 23.9 Å². The molecule has 2 aromatic carbocycles. The fourth-order valence-electron chi connectivity index (χ4n) is 9.57. The molecule has 2 aliphatic carbocycles. The van der Waals surface area contributed by atoms with E-state index in [1.54, 1.807) is 18.0 Å². The van der Waals surface area contributed by atoms with Crippen LogP contribution >= 0.6 is 0 Å². The summed E-state index contributed by atoms with van der Waals surface area (Å²) in [5.74, 6) is 1.72. The molecule has 0 radical (unpaired) electrons. The van der Waals surface area contributed by atoms with Crippen molar-refractivity contribution in [1.29, 1.82) is 0 Å². The number of aromatic amines is 1. The summed E-state index contributed by atoms with van der Waals surface area (Å²) >= 11 is 0. The number of aromatic nitrogens is 3. The average Bonchev–Trinajstić information content (AvgIpc) is 4.11. The second kappa shape index (κ2) is 16.5. The fourth-order valence-corrected chi connectivity index (χ4v) is 9.57. The predicted octanol–water partition coefficient (Wildman–Crippen LogP) is 7.29. The van der Waals surface area contributed by atoms with Gasteiger partial charge in [0.25, 0.3) is 0 Å². The number of methoxy groups -OCH3 is 2. The maximum atomic E-state index is 13.7. The van der Waals surface area contributed by atoms with E-state index in [9.17, 15) is 14.4 Å². The summed E-state index contributed by atoms with van der Waals surface area (Å²) < 4.78 is 10.2. The smallest absolute Gasteiger partial charge is 0.407 e. The van der Waals surface area contributed by atoms with Gasteiger partial charge in [-0.25, -0.2) is 9.78 Å². The Labute approximate surface area is 333 Å². The van der Waals surface area contributed by atoms with Crippen molar-refractivity contribution in [2.75, 3.05) is 20.8 Å². The van der Waals surface area contributed by atoms with E-state index in [2.05, 4.69) is 74.1 Å². The summed E-state index contributed by atoms with van der Waals surface area (Å²) in [4.78, 5) is 58.5. The molecule has 8 rings (SSSR count). The Balaban J connectivity index is 0.893. The number of allylic oxidation sites excluding steroid dienone is 1. The number of fused-ring (bicyclic) bond motifs is 2. The Bertz CT molecular complexity index is 2150. The van der Waals surface area contributed by atoms with Gasteiger partial charge in [0.2, 0.25) is 11.8 Å². The van der Waals surface area contributed by atoms with Gasteiger partial charge in [-0.15, -0.1) is 0 Å². The third kappa shape index (κ3) is 7.75. The van der Waals surface area contributed by atoms with Crippen LogP contribution in [0.5, 0.6) is 0 Å². The summed E-state index contributed by atoms with van der Waals surface area (Å²) in [5.41, 5.74) is 8.58. The van der Waals surface area contributed by atoms with E-state index in [4.69, 9.17) is 14.5 Å². The van der Waals surface area contributed by atoms with Gasteiger partial charge in [0.15, 0.2) is 0 Å². The highest BCUT2D eigenvalue weighted by atomic mass is 16.5. The largest absolute Gasteiger partial charge is 0.453 e. The van der Waals surface area contributed by atoms with Crippen molar-refractivity contribution in [3.63, 3.8) is 0 Å². The molecule has 2 aromatic heterocycles. The molecular formula is C45H51N7O5. The number of nitrogens with zero attached hydrogens (tertiary/aromatic N) is 4. The predicted molar refractivity (Wildman–Crippen MR) is 218 cm³/mol. The molecule has 3 amide bonds. The van der Waals surface area contributed by atoms with Gasteiger partial charge in [0.1, 0.15) is 11.9 Å². The minimum absolute atomic E-state index is 0.0331. The lowest BCUT2D eigenvalue weighted by Crippen LogP contribution is -2.54. The molecule has 0 spiro atoms. The molecule has 12 heteroatoms. The van der Waals surface area contributed by atoms with Crippen molar-refractivity contribution >= 4 is 29.2 Å². The van der Waals surface area contributed by atoms with Gasteiger partial charge in [0, 0.05) is 56.2 Å². The number of hydrogen-bond acceptors (Lipinski definition) is 8. The Morgan fingerprint density at radius 1 is 0.877 bits per heavy atom. The minimum atomic E-state index is -0.882. The second-order valence-corrected chi connectivity index (χ2v) is 15.9. The van der Waals surface area contributed by atoms with Crippen LogP contribution in [0.3, 0.4) is 0 Å². The number of imidazole rings is 1. The highest BCUT2D eigenvalue weighted by Gasteiger charge is 2.53. The maximum Gasteiger partial charge on any atom is 0.407 e. The topological polar surface area (TPSA) is 151 Å². The molecule has 2 saturated carbocycles. The van der Waals surface area contributed by atoms with Crippen molar-refractivity contribution in [1.82, 2.24) is 30.5 Å².